The van der Waals surface area contributed by atoms with Gasteiger partial charge in [-0.25, -0.2) is 0 Å². The number of hydrogen-bond acceptors (Lipinski definition) is 3. The first-order valence-electron chi connectivity index (χ1n) is 5.12. The van der Waals surface area contributed by atoms with E-state index in [2.05, 4.69) is 45.3 Å². The van der Waals surface area contributed by atoms with E-state index in [1.54, 1.807) is 0 Å². The van der Waals surface area contributed by atoms with Gasteiger partial charge in [0.15, 0.2) is 0 Å². The molecule has 0 heterocycles. The average Bonchev–Trinajstić information content (AvgIpc) is 2.01. The van der Waals surface area contributed by atoms with E-state index in [1.165, 1.54) is 0 Å². The van der Waals surface area contributed by atoms with Gasteiger partial charge in [0.25, 0.3) is 0 Å². The Morgan fingerprint density at radius 2 is 1.46 bits per heavy atom. The Kier molecular flexibility index (Phi) is 14.0. The lowest BCUT2D eigenvalue weighted by atomic mass is 10.4. The highest BCUT2D eigenvalue weighted by Gasteiger charge is 1.86. The summed E-state index contributed by atoms with van der Waals surface area (Å²) in [7, 11) is 0. The van der Waals surface area contributed by atoms with E-state index in [0.717, 1.165) is 6.54 Å². The summed E-state index contributed by atoms with van der Waals surface area (Å²) in [6.07, 6.45) is 0. The molecule has 0 saturated carbocycles. The Morgan fingerprint density at radius 1 is 1.00 bits per heavy atom. The zero-order chi connectivity index (χ0) is 10.7. The van der Waals surface area contributed by atoms with Crippen LogP contribution in [0.1, 0.15) is 34.6 Å². The van der Waals surface area contributed by atoms with E-state index >= 15 is 0 Å². The summed E-state index contributed by atoms with van der Waals surface area (Å²) in [4.78, 5) is 0. The minimum Gasteiger partial charge on any atom is -0.395 e. The predicted molar refractivity (Wildman–Crippen MR) is 59.0 cm³/mol. The third kappa shape index (κ3) is 24.5. The molecule has 0 aliphatic heterocycles. The molecule has 0 atom stereocenters. The second-order valence-corrected chi connectivity index (χ2v) is 3.54. The van der Waals surface area contributed by atoms with Crippen LogP contribution in [0.3, 0.4) is 0 Å². The lowest BCUT2D eigenvalue weighted by Crippen LogP contribution is -2.25. The summed E-state index contributed by atoms with van der Waals surface area (Å²) in [5.41, 5.74) is 0. The standard InChI is InChI=1S/C5H13NO.C5H13N/c1-5(2)6-3-4-7;1-4-6-5(2)3/h5-7H,3-4H2,1-2H3;5-6H,4H2,1-3H3. The van der Waals surface area contributed by atoms with Crippen LogP contribution in [0.5, 0.6) is 0 Å². The summed E-state index contributed by atoms with van der Waals surface area (Å²) >= 11 is 0. The van der Waals surface area contributed by atoms with Crippen molar-refractivity contribution in [2.75, 3.05) is 19.7 Å². The molecule has 3 N–H and O–H groups in total. The van der Waals surface area contributed by atoms with Gasteiger partial charge in [-0.05, 0) is 6.54 Å². The Labute approximate surface area is 82.9 Å². The lowest BCUT2D eigenvalue weighted by Gasteiger charge is -2.03. The Bertz CT molecular complexity index is 85.0. The van der Waals surface area contributed by atoms with Crippen molar-refractivity contribution in [2.45, 2.75) is 46.7 Å². The molecule has 0 rings (SSSR count). The van der Waals surface area contributed by atoms with Crippen molar-refractivity contribution >= 4 is 0 Å². The van der Waals surface area contributed by atoms with Crippen LogP contribution in [0.2, 0.25) is 0 Å². The number of hydrogen-bond donors (Lipinski definition) is 3. The highest BCUT2D eigenvalue weighted by molar-refractivity contribution is 4.49. The van der Waals surface area contributed by atoms with Crippen LogP contribution < -0.4 is 10.6 Å². The van der Waals surface area contributed by atoms with Crippen LogP contribution >= 0.6 is 0 Å². The normalized spacial score (nSPS) is 10.2. The fourth-order valence-corrected chi connectivity index (χ4v) is 0.761. The number of aliphatic hydroxyl groups excluding tert-OH is 1. The minimum atomic E-state index is 0.234. The number of aliphatic hydroxyl groups is 1. The second kappa shape index (κ2) is 11.9. The van der Waals surface area contributed by atoms with Crippen LogP contribution in [0.25, 0.3) is 0 Å². The third-order valence-electron chi connectivity index (χ3n) is 1.28. The molecule has 0 bridgehead atoms. The molecule has 82 valence electrons. The van der Waals surface area contributed by atoms with Gasteiger partial charge in [0.1, 0.15) is 0 Å². The molecule has 0 aromatic carbocycles. The first-order chi connectivity index (χ1) is 6.04. The van der Waals surface area contributed by atoms with Crippen molar-refractivity contribution in [1.29, 1.82) is 0 Å². The molecule has 3 nitrogen and oxygen atoms in total. The van der Waals surface area contributed by atoms with Gasteiger partial charge >= 0.3 is 0 Å². The summed E-state index contributed by atoms with van der Waals surface area (Å²) in [6.45, 7) is 12.5. The van der Waals surface area contributed by atoms with Crippen molar-refractivity contribution in [2.24, 2.45) is 0 Å². The molecule has 0 aliphatic carbocycles. The second-order valence-electron chi connectivity index (χ2n) is 3.54. The maximum absolute atomic E-state index is 8.25. The molecule has 0 aliphatic rings. The Balaban J connectivity index is 0. The lowest BCUT2D eigenvalue weighted by molar-refractivity contribution is 0.287. The van der Waals surface area contributed by atoms with Crippen molar-refractivity contribution in [3.8, 4) is 0 Å². The fourth-order valence-electron chi connectivity index (χ4n) is 0.761. The predicted octanol–water partition coefficient (Wildman–Crippen LogP) is 0.981. The maximum atomic E-state index is 8.25. The molecule has 0 aromatic heterocycles. The van der Waals surface area contributed by atoms with E-state index in [-0.39, 0.29) is 6.61 Å². The van der Waals surface area contributed by atoms with Crippen molar-refractivity contribution in [3.63, 3.8) is 0 Å². The molecule has 0 saturated heterocycles. The van der Waals surface area contributed by atoms with Gasteiger partial charge in [-0.2, -0.15) is 0 Å². The summed E-state index contributed by atoms with van der Waals surface area (Å²) in [6, 6.07) is 1.14. The first-order valence-corrected chi connectivity index (χ1v) is 5.12. The zero-order valence-corrected chi connectivity index (χ0v) is 9.72. The van der Waals surface area contributed by atoms with Gasteiger partial charge in [-0.3, -0.25) is 0 Å². The smallest absolute Gasteiger partial charge is 0.0556 e. The largest absolute Gasteiger partial charge is 0.395 e. The van der Waals surface area contributed by atoms with Gasteiger partial charge < -0.3 is 15.7 Å². The van der Waals surface area contributed by atoms with Gasteiger partial charge in [-0.15, -0.1) is 0 Å². The molecule has 0 fully saturated rings. The molecule has 0 amide bonds. The van der Waals surface area contributed by atoms with Crippen LogP contribution in [0.15, 0.2) is 0 Å². The fraction of sp³-hybridized carbons (Fsp3) is 1.00. The van der Waals surface area contributed by atoms with Gasteiger partial charge in [0.05, 0.1) is 6.61 Å². The molecule has 0 radical (unpaired) electrons. The highest BCUT2D eigenvalue weighted by atomic mass is 16.3. The van der Waals surface area contributed by atoms with Crippen molar-refractivity contribution in [3.05, 3.63) is 0 Å². The number of nitrogens with one attached hydrogen (secondary N) is 2. The van der Waals surface area contributed by atoms with E-state index in [4.69, 9.17) is 5.11 Å². The van der Waals surface area contributed by atoms with E-state index in [9.17, 15) is 0 Å². The molecule has 0 unspecified atom stereocenters. The van der Waals surface area contributed by atoms with Crippen LogP contribution in [-0.4, -0.2) is 36.9 Å². The molecule has 0 spiro atoms. The van der Waals surface area contributed by atoms with Crippen molar-refractivity contribution < 1.29 is 5.11 Å². The zero-order valence-electron chi connectivity index (χ0n) is 9.72. The van der Waals surface area contributed by atoms with E-state index in [0.29, 0.717) is 18.6 Å². The molecular formula is C10H26N2O. The van der Waals surface area contributed by atoms with Crippen LogP contribution in [0.4, 0.5) is 0 Å². The van der Waals surface area contributed by atoms with Crippen molar-refractivity contribution in [1.82, 2.24) is 10.6 Å². The number of rotatable bonds is 5. The van der Waals surface area contributed by atoms with E-state index in [1.807, 2.05) is 0 Å². The average molecular weight is 190 g/mol. The highest BCUT2D eigenvalue weighted by Crippen LogP contribution is 1.71. The molecule has 0 aromatic rings. The summed E-state index contributed by atoms with van der Waals surface area (Å²) in [5, 5.41) is 14.5. The monoisotopic (exact) mass is 190 g/mol. The van der Waals surface area contributed by atoms with Gasteiger partial charge in [-0.1, -0.05) is 34.6 Å². The minimum absolute atomic E-state index is 0.234. The van der Waals surface area contributed by atoms with Crippen LogP contribution in [0, 0.1) is 0 Å². The molecular weight excluding hydrogens is 164 g/mol. The molecule has 3 heteroatoms. The van der Waals surface area contributed by atoms with Gasteiger partial charge in [0, 0.05) is 18.6 Å². The first kappa shape index (κ1) is 15.4. The SMILES string of the molecule is CC(C)NCCO.CCNC(C)C. The molecule has 13 heavy (non-hydrogen) atoms. The Morgan fingerprint density at radius 3 is 1.54 bits per heavy atom. The van der Waals surface area contributed by atoms with Gasteiger partial charge in [0.2, 0.25) is 0 Å². The quantitative estimate of drug-likeness (QED) is 0.605. The Hall–Kier alpha value is -0.120. The van der Waals surface area contributed by atoms with Crippen LogP contribution in [-0.2, 0) is 0 Å². The third-order valence-corrected chi connectivity index (χ3v) is 1.28. The van der Waals surface area contributed by atoms with E-state index < -0.39 is 0 Å². The topological polar surface area (TPSA) is 44.3 Å². The summed E-state index contributed by atoms with van der Waals surface area (Å²) < 4.78 is 0. The maximum Gasteiger partial charge on any atom is 0.0556 e. The summed E-state index contributed by atoms with van der Waals surface area (Å²) in [5.74, 6) is 0.